The second kappa shape index (κ2) is 7.60. The maximum Gasteiger partial charge on any atom is 0.219 e. The van der Waals surface area contributed by atoms with Crippen LogP contribution in [-0.2, 0) is 17.8 Å². The minimum absolute atomic E-state index is 0.154. The summed E-state index contributed by atoms with van der Waals surface area (Å²) in [7, 11) is 0. The molecule has 2 rings (SSSR count). The molecule has 0 fully saturated rings. The molecule has 1 aliphatic rings. The second-order valence-electron chi connectivity index (χ2n) is 6.43. The van der Waals surface area contributed by atoms with E-state index in [-0.39, 0.29) is 5.91 Å². The third-order valence-electron chi connectivity index (χ3n) is 4.28. The number of nitrogens with zero attached hydrogens (tertiary/aromatic N) is 1. The van der Waals surface area contributed by atoms with Crippen LogP contribution in [0.3, 0.4) is 0 Å². The first-order valence-corrected chi connectivity index (χ1v) is 8.17. The Morgan fingerprint density at radius 1 is 1.29 bits per heavy atom. The smallest absolute Gasteiger partial charge is 0.219 e. The summed E-state index contributed by atoms with van der Waals surface area (Å²) in [5, 5.41) is 3.08. The Kier molecular flexibility index (Phi) is 5.80. The van der Waals surface area contributed by atoms with Crippen molar-refractivity contribution in [3.63, 3.8) is 0 Å². The molecule has 0 saturated carbocycles. The van der Waals surface area contributed by atoms with Gasteiger partial charge in [0.05, 0.1) is 0 Å². The van der Waals surface area contributed by atoms with Gasteiger partial charge in [-0.3, -0.25) is 9.69 Å². The van der Waals surface area contributed by atoms with Crippen LogP contribution < -0.4 is 5.32 Å². The van der Waals surface area contributed by atoms with E-state index in [1.165, 1.54) is 11.1 Å². The molecule has 1 aliphatic heterocycles. The minimum Gasteiger partial charge on any atom is -0.355 e. The first-order valence-electron chi connectivity index (χ1n) is 8.17. The topological polar surface area (TPSA) is 32.3 Å². The number of fused-ring (bicyclic) bond motifs is 1. The predicted octanol–water partition coefficient (Wildman–Crippen LogP) is 2.99. The van der Waals surface area contributed by atoms with Gasteiger partial charge >= 0.3 is 0 Å². The molecule has 3 heteroatoms. The molecule has 1 unspecified atom stereocenters. The highest BCUT2D eigenvalue weighted by Gasteiger charge is 2.24. The van der Waals surface area contributed by atoms with E-state index in [0.717, 1.165) is 32.5 Å². The molecule has 1 aromatic rings. The molecule has 0 aliphatic carbocycles. The SMILES string of the molecule is CCC(=O)NCC(CC(C)C)N1CCc2ccccc2C1. The lowest BCUT2D eigenvalue weighted by atomic mass is 9.95. The maximum absolute atomic E-state index is 11.6. The quantitative estimate of drug-likeness (QED) is 0.873. The van der Waals surface area contributed by atoms with Crippen LogP contribution in [0, 0.1) is 5.92 Å². The van der Waals surface area contributed by atoms with Crippen molar-refractivity contribution in [1.82, 2.24) is 10.2 Å². The molecular formula is C18H28N2O. The molecule has 1 N–H and O–H groups in total. The number of benzene rings is 1. The van der Waals surface area contributed by atoms with Crippen molar-refractivity contribution in [3.05, 3.63) is 35.4 Å². The molecule has 21 heavy (non-hydrogen) atoms. The number of amides is 1. The zero-order chi connectivity index (χ0) is 15.2. The highest BCUT2D eigenvalue weighted by molar-refractivity contribution is 5.75. The summed E-state index contributed by atoms with van der Waals surface area (Å²) in [6, 6.07) is 9.16. The molecule has 0 radical (unpaired) electrons. The van der Waals surface area contributed by atoms with Crippen LogP contribution in [0.5, 0.6) is 0 Å². The predicted molar refractivity (Wildman–Crippen MR) is 87.1 cm³/mol. The van der Waals surface area contributed by atoms with Crippen molar-refractivity contribution in [2.45, 2.75) is 52.6 Å². The second-order valence-corrected chi connectivity index (χ2v) is 6.43. The lowest BCUT2D eigenvalue weighted by Crippen LogP contribution is -2.46. The van der Waals surface area contributed by atoms with E-state index in [4.69, 9.17) is 0 Å². The Balaban J connectivity index is 2.02. The van der Waals surface area contributed by atoms with Crippen molar-refractivity contribution < 1.29 is 4.79 Å². The Bertz CT molecular complexity index is 470. The molecule has 0 spiro atoms. The standard InChI is InChI=1S/C18H28N2O/c1-4-18(21)19-12-17(11-14(2)3)20-10-9-15-7-5-6-8-16(15)13-20/h5-8,14,17H,4,9-13H2,1-3H3,(H,19,21). The lowest BCUT2D eigenvalue weighted by molar-refractivity contribution is -0.121. The Morgan fingerprint density at radius 3 is 2.67 bits per heavy atom. The number of carbonyl (C=O) groups is 1. The Morgan fingerprint density at radius 2 is 2.00 bits per heavy atom. The summed E-state index contributed by atoms with van der Waals surface area (Å²) in [4.78, 5) is 14.1. The third-order valence-corrected chi connectivity index (χ3v) is 4.28. The molecule has 0 aromatic heterocycles. The summed E-state index contributed by atoms with van der Waals surface area (Å²) >= 11 is 0. The average molecular weight is 288 g/mol. The molecular weight excluding hydrogens is 260 g/mol. The van der Waals surface area contributed by atoms with E-state index >= 15 is 0 Å². The fraction of sp³-hybridized carbons (Fsp3) is 0.611. The molecule has 3 nitrogen and oxygen atoms in total. The van der Waals surface area contributed by atoms with Gasteiger partial charge in [0, 0.05) is 32.1 Å². The van der Waals surface area contributed by atoms with E-state index in [2.05, 4.69) is 48.3 Å². The van der Waals surface area contributed by atoms with Crippen LogP contribution in [0.2, 0.25) is 0 Å². The largest absolute Gasteiger partial charge is 0.355 e. The highest BCUT2D eigenvalue weighted by atomic mass is 16.1. The fourth-order valence-electron chi connectivity index (χ4n) is 3.09. The molecule has 1 atom stereocenters. The van der Waals surface area contributed by atoms with E-state index < -0.39 is 0 Å². The molecule has 0 bridgehead atoms. The summed E-state index contributed by atoms with van der Waals surface area (Å²) in [5.74, 6) is 0.798. The van der Waals surface area contributed by atoms with Gasteiger partial charge in [-0.15, -0.1) is 0 Å². The van der Waals surface area contributed by atoms with Gasteiger partial charge in [0.2, 0.25) is 5.91 Å². The van der Waals surface area contributed by atoms with Gasteiger partial charge in [0.25, 0.3) is 0 Å². The molecule has 116 valence electrons. The van der Waals surface area contributed by atoms with Crippen LogP contribution in [0.25, 0.3) is 0 Å². The van der Waals surface area contributed by atoms with Gasteiger partial charge in [-0.25, -0.2) is 0 Å². The van der Waals surface area contributed by atoms with Gasteiger partial charge in [-0.05, 0) is 29.9 Å². The summed E-state index contributed by atoms with van der Waals surface area (Å²) in [6.07, 6.45) is 2.82. The van der Waals surface area contributed by atoms with E-state index in [1.807, 2.05) is 6.92 Å². The number of nitrogens with one attached hydrogen (secondary N) is 1. The Labute approximate surface area is 128 Å². The van der Waals surface area contributed by atoms with E-state index in [0.29, 0.717) is 18.4 Å². The van der Waals surface area contributed by atoms with Crippen molar-refractivity contribution in [1.29, 1.82) is 0 Å². The number of carbonyl (C=O) groups excluding carboxylic acids is 1. The number of rotatable bonds is 6. The van der Waals surface area contributed by atoms with E-state index in [9.17, 15) is 4.79 Å². The first kappa shape index (κ1) is 16.0. The lowest BCUT2D eigenvalue weighted by Gasteiger charge is -2.36. The monoisotopic (exact) mass is 288 g/mol. The van der Waals surface area contributed by atoms with Crippen molar-refractivity contribution >= 4 is 5.91 Å². The van der Waals surface area contributed by atoms with Crippen LogP contribution in [0.4, 0.5) is 0 Å². The number of hydrogen-bond donors (Lipinski definition) is 1. The fourth-order valence-corrected chi connectivity index (χ4v) is 3.09. The van der Waals surface area contributed by atoms with Crippen molar-refractivity contribution in [2.75, 3.05) is 13.1 Å². The van der Waals surface area contributed by atoms with Gasteiger partial charge in [-0.2, -0.15) is 0 Å². The summed E-state index contributed by atoms with van der Waals surface area (Å²) in [6.45, 7) is 9.29. The average Bonchev–Trinajstić information content (AvgIpc) is 2.50. The minimum atomic E-state index is 0.154. The van der Waals surface area contributed by atoms with Crippen molar-refractivity contribution in [3.8, 4) is 0 Å². The Hall–Kier alpha value is -1.35. The van der Waals surface area contributed by atoms with Gasteiger partial charge in [0.1, 0.15) is 0 Å². The molecule has 1 heterocycles. The van der Waals surface area contributed by atoms with Crippen LogP contribution in [0.1, 0.15) is 44.7 Å². The maximum atomic E-state index is 11.6. The summed E-state index contributed by atoms with van der Waals surface area (Å²) in [5.41, 5.74) is 2.92. The molecule has 0 saturated heterocycles. The van der Waals surface area contributed by atoms with Crippen LogP contribution >= 0.6 is 0 Å². The van der Waals surface area contributed by atoms with E-state index in [1.54, 1.807) is 0 Å². The number of hydrogen-bond acceptors (Lipinski definition) is 2. The van der Waals surface area contributed by atoms with Crippen LogP contribution in [0.15, 0.2) is 24.3 Å². The first-order chi connectivity index (χ1) is 10.1. The highest BCUT2D eigenvalue weighted by Crippen LogP contribution is 2.22. The van der Waals surface area contributed by atoms with Crippen LogP contribution in [-0.4, -0.2) is 29.9 Å². The third kappa shape index (κ3) is 4.57. The normalized spacial score (nSPS) is 16.6. The molecule has 1 amide bonds. The van der Waals surface area contributed by atoms with Gasteiger partial charge in [0.15, 0.2) is 0 Å². The zero-order valence-electron chi connectivity index (χ0n) is 13.6. The van der Waals surface area contributed by atoms with Gasteiger partial charge < -0.3 is 5.32 Å². The molecule has 1 aromatic carbocycles. The zero-order valence-corrected chi connectivity index (χ0v) is 13.6. The summed E-state index contributed by atoms with van der Waals surface area (Å²) < 4.78 is 0. The van der Waals surface area contributed by atoms with Crippen molar-refractivity contribution in [2.24, 2.45) is 5.92 Å². The van der Waals surface area contributed by atoms with Gasteiger partial charge in [-0.1, -0.05) is 45.0 Å².